The van der Waals surface area contributed by atoms with Gasteiger partial charge in [-0.05, 0) is 47.7 Å². The highest BCUT2D eigenvalue weighted by Crippen LogP contribution is 2.33. The van der Waals surface area contributed by atoms with Crippen LogP contribution in [-0.2, 0) is 4.74 Å². The number of ether oxygens (including phenoxy) is 2. The number of pyridine rings is 2. The summed E-state index contributed by atoms with van der Waals surface area (Å²) in [5.74, 6) is 2.10. The standard InChI is InChI=1S/C22H25BrN6O3/c23-14-11-25-22(26-12-14)27-15-1-3-17(4-2-15)32-21-18-9-16(30)13-24-19(18)10-20(28-21)29-5-7-31-8-6-29/h9-13,15,17,30H,1-8H2,(H,25,26,27)/t15-,17+. The van der Waals surface area contributed by atoms with Gasteiger partial charge in [0.1, 0.15) is 17.7 Å². The van der Waals surface area contributed by atoms with E-state index >= 15 is 0 Å². The minimum Gasteiger partial charge on any atom is -0.506 e. The lowest BCUT2D eigenvalue weighted by Crippen LogP contribution is -2.37. The zero-order valence-electron chi connectivity index (χ0n) is 17.6. The van der Waals surface area contributed by atoms with Gasteiger partial charge in [-0.3, -0.25) is 4.98 Å². The third-order valence-electron chi connectivity index (χ3n) is 5.86. The lowest BCUT2D eigenvalue weighted by Gasteiger charge is -2.31. The van der Waals surface area contributed by atoms with Gasteiger partial charge >= 0.3 is 0 Å². The van der Waals surface area contributed by atoms with Gasteiger partial charge in [0.15, 0.2) is 0 Å². The van der Waals surface area contributed by atoms with E-state index in [1.807, 2.05) is 6.07 Å². The normalized spacial score (nSPS) is 21.5. The molecule has 0 radical (unpaired) electrons. The summed E-state index contributed by atoms with van der Waals surface area (Å²) >= 11 is 3.36. The molecule has 2 aliphatic rings. The second-order valence-corrected chi connectivity index (χ2v) is 9.02. The van der Waals surface area contributed by atoms with Crippen LogP contribution < -0.4 is 15.0 Å². The summed E-state index contributed by atoms with van der Waals surface area (Å²) in [4.78, 5) is 20.0. The number of anilines is 2. The van der Waals surface area contributed by atoms with E-state index < -0.39 is 0 Å². The zero-order chi connectivity index (χ0) is 21.9. The third kappa shape index (κ3) is 4.86. The Morgan fingerprint density at radius 1 is 1.03 bits per heavy atom. The minimum absolute atomic E-state index is 0.0527. The fourth-order valence-electron chi connectivity index (χ4n) is 4.17. The summed E-state index contributed by atoms with van der Waals surface area (Å²) in [7, 11) is 0. The van der Waals surface area contributed by atoms with E-state index in [0.29, 0.717) is 31.1 Å². The summed E-state index contributed by atoms with van der Waals surface area (Å²) in [6, 6.07) is 3.93. The van der Waals surface area contributed by atoms with Gasteiger partial charge in [0, 0.05) is 37.6 Å². The summed E-state index contributed by atoms with van der Waals surface area (Å²) in [6.45, 7) is 2.92. The number of fused-ring (bicyclic) bond motifs is 1. The van der Waals surface area contributed by atoms with Crippen molar-refractivity contribution in [3.05, 3.63) is 35.2 Å². The fourth-order valence-corrected chi connectivity index (χ4v) is 4.37. The Kier molecular flexibility index (Phi) is 6.22. The van der Waals surface area contributed by atoms with Crippen LogP contribution >= 0.6 is 15.9 Å². The van der Waals surface area contributed by atoms with Crippen molar-refractivity contribution < 1.29 is 14.6 Å². The van der Waals surface area contributed by atoms with Crippen molar-refractivity contribution >= 4 is 38.6 Å². The molecule has 9 nitrogen and oxygen atoms in total. The van der Waals surface area contributed by atoms with Crippen LogP contribution in [-0.4, -0.2) is 63.5 Å². The smallest absolute Gasteiger partial charge is 0.225 e. The maximum Gasteiger partial charge on any atom is 0.225 e. The van der Waals surface area contributed by atoms with Crippen LogP contribution in [0.25, 0.3) is 10.9 Å². The topological polar surface area (TPSA) is 106 Å². The first kappa shape index (κ1) is 21.1. The molecule has 2 fully saturated rings. The Hall–Kier alpha value is -2.72. The largest absolute Gasteiger partial charge is 0.506 e. The number of nitrogens with one attached hydrogen (secondary N) is 1. The van der Waals surface area contributed by atoms with Crippen LogP contribution in [0.5, 0.6) is 11.6 Å². The molecule has 0 spiro atoms. The molecule has 1 aliphatic heterocycles. The average Bonchev–Trinajstić information content (AvgIpc) is 2.82. The van der Waals surface area contributed by atoms with E-state index in [0.717, 1.165) is 60.0 Å². The highest BCUT2D eigenvalue weighted by atomic mass is 79.9. The Morgan fingerprint density at radius 2 is 1.78 bits per heavy atom. The zero-order valence-corrected chi connectivity index (χ0v) is 19.2. The molecule has 2 N–H and O–H groups in total. The molecule has 0 atom stereocenters. The van der Waals surface area contributed by atoms with Crippen molar-refractivity contribution in [1.82, 2.24) is 19.9 Å². The van der Waals surface area contributed by atoms with Gasteiger partial charge < -0.3 is 24.8 Å². The molecule has 1 saturated carbocycles. The van der Waals surface area contributed by atoms with Crippen molar-refractivity contribution in [2.75, 3.05) is 36.5 Å². The Balaban J connectivity index is 1.30. The van der Waals surface area contributed by atoms with E-state index in [2.05, 4.69) is 41.1 Å². The van der Waals surface area contributed by atoms with Crippen LogP contribution in [0.1, 0.15) is 25.7 Å². The fraction of sp³-hybridized carbons (Fsp3) is 0.455. The van der Waals surface area contributed by atoms with E-state index in [4.69, 9.17) is 14.5 Å². The molecule has 3 aromatic heterocycles. The summed E-state index contributed by atoms with van der Waals surface area (Å²) in [6.07, 6.45) is 8.69. The first-order valence-corrected chi connectivity index (χ1v) is 11.7. The molecule has 0 bridgehead atoms. The van der Waals surface area contributed by atoms with E-state index in [9.17, 15) is 5.11 Å². The highest BCUT2D eigenvalue weighted by Gasteiger charge is 2.25. The molecule has 0 unspecified atom stereocenters. The van der Waals surface area contributed by atoms with Crippen LogP contribution in [0.3, 0.4) is 0 Å². The van der Waals surface area contributed by atoms with E-state index in [-0.39, 0.29) is 11.9 Å². The van der Waals surface area contributed by atoms with Gasteiger partial charge in [0.25, 0.3) is 0 Å². The summed E-state index contributed by atoms with van der Waals surface area (Å²) in [5, 5.41) is 14.1. The van der Waals surface area contributed by atoms with Crippen LogP contribution in [0.2, 0.25) is 0 Å². The van der Waals surface area contributed by atoms with Crippen LogP contribution in [0, 0.1) is 0 Å². The van der Waals surface area contributed by atoms with Gasteiger partial charge in [0.05, 0.1) is 34.8 Å². The molecule has 5 rings (SSSR count). The molecule has 10 heteroatoms. The Morgan fingerprint density at radius 3 is 2.53 bits per heavy atom. The molecular weight excluding hydrogens is 476 g/mol. The highest BCUT2D eigenvalue weighted by molar-refractivity contribution is 9.10. The third-order valence-corrected chi connectivity index (χ3v) is 6.27. The molecule has 1 saturated heterocycles. The van der Waals surface area contributed by atoms with Crippen molar-refractivity contribution in [2.24, 2.45) is 0 Å². The van der Waals surface area contributed by atoms with Gasteiger partial charge in [-0.1, -0.05) is 0 Å². The number of morpholine rings is 1. The molecule has 4 heterocycles. The lowest BCUT2D eigenvalue weighted by atomic mass is 9.93. The molecule has 1 aliphatic carbocycles. The monoisotopic (exact) mass is 500 g/mol. The maximum absolute atomic E-state index is 9.97. The predicted octanol–water partition coefficient (Wildman–Crippen LogP) is 3.53. The molecule has 168 valence electrons. The van der Waals surface area contributed by atoms with Crippen LogP contribution in [0.15, 0.2) is 35.2 Å². The average molecular weight is 501 g/mol. The molecule has 0 aromatic carbocycles. The number of rotatable bonds is 5. The van der Waals surface area contributed by atoms with Crippen molar-refractivity contribution in [1.29, 1.82) is 0 Å². The Labute approximate surface area is 194 Å². The molecule has 3 aromatic rings. The first-order chi connectivity index (χ1) is 15.6. The number of halogens is 1. The predicted molar refractivity (Wildman–Crippen MR) is 124 cm³/mol. The van der Waals surface area contributed by atoms with Crippen molar-refractivity contribution in [2.45, 2.75) is 37.8 Å². The second-order valence-electron chi connectivity index (χ2n) is 8.11. The quantitative estimate of drug-likeness (QED) is 0.543. The lowest BCUT2D eigenvalue weighted by molar-refractivity contribution is 0.122. The molecular formula is C22H25BrN6O3. The van der Waals surface area contributed by atoms with Gasteiger partial charge in [0.2, 0.25) is 11.8 Å². The van der Waals surface area contributed by atoms with Gasteiger partial charge in [-0.25, -0.2) is 9.97 Å². The SMILES string of the molecule is Oc1cnc2cc(N3CCOCC3)nc(O[C@H]3CC[C@@H](Nc4ncc(Br)cn4)CC3)c2c1. The number of hydrogen-bond acceptors (Lipinski definition) is 9. The molecule has 32 heavy (non-hydrogen) atoms. The van der Waals surface area contributed by atoms with Crippen molar-refractivity contribution in [3.8, 4) is 11.6 Å². The number of aromatic hydroxyl groups is 1. The number of nitrogens with zero attached hydrogens (tertiary/aromatic N) is 5. The van der Waals surface area contributed by atoms with Crippen LogP contribution in [0.4, 0.5) is 11.8 Å². The second kappa shape index (κ2) is 9.41. The van der Waals surface area contributed by atoms with E-state index in [1.54, 1.807) is 18.5 Å². The molecule has 0 amide bonds. The minimum atomic E-state index is 0.0527. The Bertz CT molecular complexity index is 1070. The van der Waals surface area contributed by atoms with Gasteiger partial charge in [-0.2, -0.15) is 4.98 Å². The summed E-state index contributed by atoms with van der Waals surface area (Å²) in [5.41, 5.74) is 0.761. The number of hydrogen-bond donors (Lipinski definition) is 2. The first-order valence-electron chi connectivity index (χ1n) is 10.9. The van der Waals surface area contributed by atoms with E-state index in [1.165, 1.54) is 6.20 Å². The maximum atomic E-state index is 9.97. The van der Waals surface area contributed by atoms with Gasteiger partial charge in [-0.15, -0.1) is 0 Å². The van der Waals surface area contributed by atoms with Crippen molar-refractivity contribution in [3.63, 3.8) is 0 Å². The summed E-state index contributed by atoms with van der Waals surface area (Å²) < 4.78 is 12.7. The number of aromatic nitrogens is 4.